The van der Waals surface area contributed by atoms with E-state index in [0.29, 0.717) is 54.4 Å². The summed E-state index contributed by atoms with van der Waals surface area (Å²) in [6.07, 6.45) is 3.71. The van der Waals surface area contributed by atoms with Gasteiger partial charge in [0.15, 0.2) is 0 Å². The van der Waals surface area contributed by atoms with Crippen LogP contribution in [0.3, 0.4) is 0 Å². The molecule has 0 unspecified atom stereocenters. The minimum Gasteiger partial charge on any atom is -0.356 e. The lowest BCUT2D eigenvalue weighted by Crippen LogP contribution is -2.44. The summed E-state index contributed by atoms with van der Waals surface area (Å²) in [4.78, 5) is 54.4. The summed E-state index contributed by atoms with van der Waals surface area (Å²) in [6, 6.07) is 1.83. The van der Waals surface area contributed by atoms with Crippen LogP contribution in [0.25, 0.3) is 11.0 Å². The van der Waals surface area contributed by atoms with Gasteiger partial charge in [-0.1, -0.05) is 0 Å². The SMILES string of the molecule is CCn1c(N2CCC[C@@H](N)C2)c(C(=O)N2CCCC2)c2c1c(=O)n(Cc1nc(C)cc(C)n1)c(=O)n2C. The molecule has 3 aromatic rings. The Labute approximate surface area is 215 Å². The first-order chi connectivity index (χ1) is 17.7. The lowest BCUT2D eigenvalue weighted by molar-refractivity contribution is 0.0794. The van der Waals surface area contributed by atoms with Crippen molar-refractivity contribution in [3.05, 3.63) is 49.7 Å². The molecule has 2 aliphatic heterocycles. The highest BCUT2D eigenvalue weighted by atomic mass is 16.2. The average molecular weight is 509 g/mol. The van der Waals surface area contributed by atoms with Gasteiger partial charge in [-0.15, -0.1) is 0 Å². The van der Waals surface area contributed by atoms with Gasteiger partial charge < -0.3 is 20.1 Å². The molecule has 2 aliphatic rings. The summed E-state index contributed by atoms with van der Waals surface area (Å²) < 4.78 is 4.53. The standard InChI is InChI=1S/C26H36N8O3/c1-5-33-22-21(30(4)26(37)34(25(22)36)15-19-28-16(2)13-17(3)29-19)20(24(35)31-10-6-7-11-31)23(33)32-12-8-9-18(27)14-32/h13,18H,5-12,14-15,27H2,1-4H3/t18-/m1/s1. The fraction of sp³-hybridized carbons (Fsp3) is 0.577. The minimum absolute atomic E-state index is 0.0195. The van der Waals surface area contributed by atoms with Crippen LogP contribution in [-0.4, -0.2) is 66.7 Å². The Kier molecular flexibility index (Phi) is 6.65. The van der Waals surface area contributed by atoms with Crippen LogP contribution in [-0.2, 0) is 20.1 Å². The largest absolute Gasteiger partial charge is 0.356 e. The Morgan fingerprint density at radius 1 is 1.03 bits per heavy atom. The van der Waals surface area contributed by atoms with Crippen molar-refractivity contribution < 1.29 is 4.79 Å². The molecule has 37 heavy (non-hydrogen) atoms. The molecule has 1 atom stereocenters. The van der Waals surface area contributed by atoms with E-state index in [-0.39, 0.29) is 18.5 Å². The molecule has 0 bridgehead atoms. The number of hydrogen-bond acceptors (Lipinski definition) is 7. The van der Waals surface area contributed by atoms with Crippen LogP contribution in [0.4, 0.5) is 5.82 Å². The zero-order valence-corrected chi connectivity index (χ0v) is 22.2. The van der Waals surface area contributed by atoms with E-state index in [0.717, 1.165) is 43.6 Å². The molecular formula is C26H36N8O3. The van der Waals surface area contributed by atoms with Crippen molar-refractivity contribution >= 4 is 22.8 Å². The molecule has 2 fully saturated rings. The lowest BCUT2D eigenvalue weighted by atomic mass is 10.1. The van der Waals surface area contributed by atoms with Crippen molar-refractivity contribution in [2.24, 2.45) is 12.8 Å². The number of nitrogens with zero attached hydrogens (tertiary/aromatic N) is 7. The first kappa shape index (κ1) is 25.2. The molecule has 5 heterocycles. The quantitative estimate of drug-likeness (QED) is 0.548. The van der Waals surface area contributed by atoms with E-state index in [1.54, 1.807) is 7.05 Å². The van der Waals surface area contributed by atoms with Crippen molar-refractivity contribution in [2.45, 2.75) is 65.6 Å². The molecule has 198 valence electrons. The molecule has 0 aliphatic carbocycles. The van der Waals surface area contributed by atoms with Crippen LogP contribution in [0, 0.1) is 13.8 Å². The number of aromatic nitrogens is 5. The summed E-state index contributed by atoms with van der Waals surface area (Å²) >= 11 is 0. The Balaban J connectivity index is 1.79. The number of aryl methyl sites for hydroxylation is 4. The molecule has 0 spiro atoms. The number of rotatable bonds is 5. The Morgan fingerprint density at radius 2 is 1.70 bits per heavy atom. The van der Waals surface area contributed by atoms with E-state index in [1.165, 1.54) is 9.13 Å². The Hall–Kier alpha value is -3.47. The third-order valence-corrected chi connectivity index (χ3v) is 7.52. The molecule has 5 rings (SSSR count). The van der Waals surface area contributed by atoms with Crippen molar-refractivity contribution in [1.82, 2.24) is 28.6 Å². The number of piperidine rings is 1. The Bertz CT molecular complexity index is 1460. The monoisotopic (exact) mass is 508 g/mol. The molecule has 11 heteroatoms. The highest BCUT2D eigenvalue weighted by molar-refractivity contribution is 6.11. The van der Waals surface area contributed by atoms with E-state index < -0.39 is 11.2 Å². The summed E-state index contributed by atoms with van der Waals surface area (Å²) in [5.74, 6) is 0.965. The van der Waals surface area contributed by atoms with Gasteiger partial charge in [0.2, 0.25) is 0 Å². The summed E-state index contributed by atoms with van der Waals surface area (Å²) in [5.41, 5.74) is 8.11. The van der Waals surface area contributed by atoms with Crippen LogP contribution < -0.4 is 21.9 Å². The van der Waals surface area contributed by atoms with E-state index >= 15 is 0 Å². The third-order valence-electron chi connectivity index (χ3n) is 7.52. The maximum Gasteiger partial charge on any atom is 0.331 e. The second-order valence-electron chi connectivity index (χ2n) is 10.3. The molecule has 1 amide bonds. The van der Waals surface area contributed by atoms with Crippen LogP contribution >= 0.6 is 0 Å². The van der Waals surface area contributed by atoms with Gasteiger partial charge in [0.1, 0.15) is 22.7 Å². The number of hydrogen-bond donors (Lipinski definition) is 1. The summed E-state index contributed by atoms with van der Waals surface area (Å²) in [5, 5.41) is 0. The van der Waals surface area contributed by atoms with Crippen molar-refractivity contribution in [1.29, 1.82) is 0 Å². The van der Waals surface area contributed by atoms with Gasteiger partial charge in [-0.2, -0.15) is 0 Å². The van der Waals surface area contributed by atoms with E-state index in [1.807, 2.05) is 36.3 Å². The van der Waals surface area contributed by atoms with Gasteiger partial charge in [0.05, 0.1) is 12.1 Å². The molecule has 0 saturated carbocycles. The van der Waals surface area contributed by atoms with Crippen LogP contribution in [0.5, 0.6) is 0 Å². The van der Waals surface area contributed by atoms with Gasteiger partial charge in [-0.3, -0.25) is 18.7 Å². The van der Waals surface area contributed by atoms with E-state index in [2.05, 4.69) is 14.9 Å². The van der Waals surface area contributed by atoms with Crippen molar-refractivity contribution in [2.75, 3.05) is 31.1 Å². The van der Waals surface area contributed by atoms with Gasteiger partial charge in [-0.05, 0) is 52.5 Å². The topological polar surface area (TPSA) is 124 Å². The number of fused-ring (bicyclic) bond motifs is 1. The maximum atomic E-state index is 14.0. The zero-order valence-electron chi connectivity index (χ0n) is 22.2. The van der Waals surface area contributed by atoms with Crippen molar-refractivity contribution in [3.63, 3.8) is 0 Å². The van der Waals surface area contributed by atoms with Gasteiger partial charge in [0.25, 0.3) is 11.5 Å². The van der Waals surface area contributed by atoms with Crippen LogP contribution in [0.15, 0.2) is 15.7 Å². The molecule has 3 aromatic heterocycles. The lowest BCUT2D eigenvalue weighted by Gasteiger charge is -2.34. The number of carbonyl (C=O) groups is 1. The van der Waals surface area contributed by atoms with Crippen LogP contribution in [0.1, 0.15) is 60.2 Å². The van der Waals surface area contributed by atoms with E-state index in [9.17, 15) is 14.4 Å². The van der Waals surface area contributed by atoms with Gasteiger partial charge in [-0.25, -0.2) is 14.8 Å². The molecule has 2 N–H and O–H groups in total. The first-order valence-corrected chi connectivity index (χ1v) is 13.2. The smallest absolute Gasteiger partial charge is 0.331 e. The minimum atomic E-state index is -0.495. The average Bonchev–Trinajstić information content (AvgIpc) is 3.51. The predicted molar refractivity (Wildman–Crippen MR) is 142 cm³/mol. The fourth-order valence-electron chi connectivity index (χ4n) is 5.89. The van der Waals surface area contributed by atoms with Gasteiger partial charge in [0, 0.05) is 57.2 Å². The molecular weight excluding hydrogens is 472 g/mol. The molecule has 0 aromatic carbocycles. The number of carbonyl (C=O) groups excluding carboxylic acids is 1. The van der Waals surface area contributed by atoms with Crippen molar-refractivity contribution in [3.8, 4) is 0 Å². The summed E-state index contributed by atoms with van der Waals surface area (Å²) in [7, 11) is 1.63. The normalized spacial score (nSPS) is 18.2. The van der Waals surface area contributed by atoms with E-state index in [4.69, 9.17) is 5.73 Å². The molecule has 0 radical (unpaired) electrons. The molecule has 2 saturated heterocycles. The first-order valence-electron chi connectivity index (χ1n) is 13.2. The number of amides is 1. The fourth-order valence-corrected chi connectivity index (χ4v) is 5.89. The molecule has 11 nitrogen and oxygen atoms in total. The zero-order chi connectivity index (χ0) is 26.4. The number of anilines is 1. The van der Waals surface area contributed by atoms with Crippen LogP contribution in [0.2, 0.25) is 0 Å². The summed E-state index contributed by atoms with van der Waals surface area (Å²) in [6.45, 7) is 8.78. The highest BCUT2D eigenvalue weighted by Crippen LogP contribution is 2.34. The second kappa shape index (κ2) is 9.77. The number of nitrogens with two attached hydrogens (primary N) is 1. The van der Waals surface area contributed by atoms with Gasteiger partial charge >= 0.3 is 5.69 Å². The number of likely N-dealkylation sites (tertiary alicyclic amines) is 1. The third kappa shape index (κ3) is 4.35. The highest BCUT2D eigenvalue weighted by Gasteiger charge is 2.35. The Morgan fingerprint density at radius 3 is 2.32 bits per heavy atom. The maximum absolute atomic E-state index is 14.0. The second-order valence-corrected chi connectivity index (χ2v) is 10.3. The predicted octanol–water partition coefficient (Wildman–Crippen LogP) is 1.14.